The van der Waals surface area contributed by atoms with Gasteiger partial charge in [0, 0.05) is 22.9 Å². The summed E-state index contributed by atoms with van der Waals surface area (Å²) in [5.74, 6) is 0.194. The third-order valence-corrected chi connectivity index (χ3v) is 5.88. The first-order chi connectivity index (χ1) is 13.9. The minimum atomic E-state index is -0.285. The van der Waals surface area contributed by atoms with Gasteiger partial charge in [-0.15, -0.1) is 0 Å². The van der Waals surface area contributed by atoms with Crippen molar-refractivity contribution in [1.82, 2.24) is 0 Å². The van der Waals surface area contributed by atoms with Crippen LogP contribution in [0.3, 0.4) is 0 Å². The molecule has 0 atom stereocenters. The summed E-state index contributed by atoms with van der Waals surface area (Å²) in [5.41, 5.74) is 6.02. The van der Waals surface area contributed by atoms with E-state index in [0.717, 1.165) is 33.2 Å². The summed E-state index contributed by atoms with van der Waals surface area (Å²) >= 11 is 0. The molecule has 0 aliphatic rings. The summed E-state index contributed by atoms with van der Waals surface area (Å²) in [6.45, 7) is 6.52. The topological polar surface area (TPSA) is 17.0 Å². The predicted molar refractivity (Wildman–Crippen MR) is 117 cm³/mol. The Bertz CT molecular complexity index is 1410. The van der Waals surface area contributed by atoms with E-state index in [1.165, 1.54) is 28.5 Å². The Hall–Kier alpha value is -3.20. The van der Waals surface area contributed by atoms with Crippen molar-refractivity contribution in [2.45, 2.75) is 26.7 Å². The Morgan fingerprint density at radius 2 is 1.66 bits per heavy atom. The van der Waals surface area contributed by atoms with E-state index in [0.29, 0.717) is 11.5 Å². The van der Waals surface area contributed by atoms with Crippen LogP contribution in [0.2, 0.25) is 0 Å². The number of aromatic nitrogens is 1. The van der Waals surface area contributed by atoms with Crippen LogP contribution in [0.1, 0.15) is 30.9 Å². The van der Waals surface area contributed by atoms with Gasteiger partial charge in [0.2, 0.25) is 5.69 Å². The van der Waals surface area contributed by atoms with Crippen LogP contribution >= 0.6 is 0 Å². The zero-order valence-corrected chi connectivity index (χ0v) is 17.1. The average Bonchev–Trinajstić information content (AvgIpc) is 3.05. The van der Waals surface area contributed by atoms with Crippen molar-refractivity contribution in [3.63, 3.8) is 0 Å². The Morgan fingerprint density at radius 1 is 0.897 bits per heavy atom. The molecule has 2 nitrogen and oxygen atoms in total. The lowest BCUT2D eigenvalue weighted by molar-refractivity contribution is -0.659. The highest BCUT2D eigenvalue weighted by molar-refractivity contribution is 6.11. The van der Waals surface area contributed by atoms with Gasteiger partial charge in [0.1, 0.15) is 24.0 Å². The van der Waals surface area contributed by atoms with Gasteiger partial charge < -0.3 is 4.42 Å². The number of pyridine rings is 1. The van der Waals surface area contributed by atoms with Crippen LogP contribution in [-0.2, 0) is 7.05 Å². The second-order valence-corrected chi connectivity index (χ2v) is 8.15. The van der Waals surface area contributed by atoms with Crippen LogP contribution < -0.4 is 4.57 Å². The molecule has 0 N–H and O–H groups in total. The van der Waals surface area contributed by atoms with Crippen LogP contribution in [0, 0.1) is 12.7 Å². The van der Waals surface area contributed by atoms with E-state index in [4.69, 9.17) is 4.42 Å². The van der Waals surface area contributed by atoms with Crippen molar-refractivity contribution in [2.24, 2.45) is 7.05 Å². The van der Waals surface area contributed by atoms with Gasteiger partial charge in [0.05, 0.1) is 10.9 Å². The van der Waals surface area contributed by atoms with Crippen LogP contribution in [0.25, 0.3) is 44.0 Å². The monoisotopic (exact) mass is 384 g/mol. The van der Waals surface area contributed by atoms with Crippen molar-refractivity contribution < 1.29 is 13.4 Å². The van der Waals surface area contributed by atoms with E-state index in [2.05, 4.69) is 75.0 Å². The molecule has 0 saturated heterocycles. The summed E-state index contributed by atoms with van der Waals surface area (Å²) in [6, 6.07) is 17.8. The van der Waals surface area contributed by atoms with Gasteiger partial charge in [0.15, 0.2) is 6.20 Å². The molecule has 0 aliphatic heterocycles. The van der Waals surface area contributed by atoms with Crippen LogP contribution in [-0.4, -0.2) is 0 Å². The molecule has 3 aromatic carbocycles. The predicted octanol–water partition coefficient (Wildman–Crippen LogP) is 6.80. The highest BCUT2D eigenvalue weighted by Gasteiger charge is 2.23. The second-order valence-electron chi connectivity index (χ2n) is 8.15. The fourth-order valence-electron chi connectivity index (χ4n) is 4.27. The number of nitrogens with zero attached hydrogens (tertiary/aromatic N) is 1. The first kappa shape index (κ1) is 17.9. The number of hydrogen-bond acceptors (Lipinski definition) is 1. The molecule has 0 aliphatic carbocycles. The number of aryl methyl sites for hydroxylation is 2. The molecule has 0 unspecified atom stereocenters. The van der Waals surface area contributed by atoms with Crippen molar-refractivity contribution in [2.75, 3.05) is 0 Å². The number of rotatable bonds is 2. The number of benzene rings is 3. The number of fused-ring (bicyclic) bond motifs is 4. The van der Waals surface area contributed by atoms with Gasteiger partial charge in [-0.2, -0.15) is 0 Å². The molecule has 5 aromatic rings. The summed E-state index contributed by atoms with van der Waals surface area (Å²) in [6.07, 6.45) is 2.10. The van der Waals surface area contributed by atoms with Crippen LogP contribution in [0.4, 0.5) is 4.39 Å². The quantitative estimate of drug-likeness (QED) is 0.306. The molecule has 0 spiro atoms. The van der Waals surface area contributed by atoms with Crippen molar-refractivity contribution in [3.8, 4) is 11.3 Å². The normalized spacial score (nSPS) is 11.9. The number of halogens is 1. The first-order valence-electron chi connectivity index (χ1n) is 9.98. The minimum absolute atomic E-state index is 0.285. The smallest absolute Gasteiger partial charge is 0.224 e. The highest BCUT2D eigenvalue weighted by atomic mass is 19.1. The molecule has 144 valence electrons. The molecule has 0 amide bonds. The Balaban J connectivity index is 1.90. The van der Waals surface area contributed by atoms with Gasteiger partial charge in [-0.1, -0.05) is 38.1 Å². The summed E-state index contributed by atoms with van der Waals surface area (Å²) in [5, 5.41) is 4.34. The van der Waals surface area contributed by atoms with E-state index in [1.54, 1.807) is 6.07 Å². The molecular weight excluding hydrogens is 361 g/mol. The average molecular weight is 384 g/mol. The van der Waals surface area contributed by atoms with Gasteiger partial charge in [0.25, 0.3) is 0 Å². The van der Waals surface area contributed by atoms with E-state index in [1.807, 2.05) is 0 Å². The molecule has 0 radical (unpaired) electrons. The Morgan fingerprint density at radius 3 is 2.45 bits per heavy atom. The molecule has 2 aromatic heterocycles. The number of hydrogen-bond donors (Lipinski definition) is 0. The van der Waals surface area contributed by atoms with Crippen LogP contribution in [0.5, 0.6) is 0 Å². The molecule has 0 saturated carbocycles. The Kier molecular flexibility index (Phi) is 3.95. The maximum atomic E-state index is 13.8. The first-order valence-corrected chi connectivity index (χ1v) is 9.98. The Labute approximate surface area is 169 Å². The maximum Gasteiger partial charge on any atom is 0.224 e. The van der Waals surface area contributed by atoms with Crippen LogP contribution in [0.15, 0.2) is 65.2 Å². The lowest BCUT2D eigenvalue weighted by Crippen LogP contribution is -2.30. The molecule has 0 bridgehead atoms. The largest absolute Gasteiger partial charge is 0.455 e. The zero-order valence-electron chi connectivity index (χ0n) is 17.1. The fraction of sp³-hybridized carbons (Fsp3) is 0.192. The van der Waals surface area contributed by atoms with E-state index >= 15 is 0 Å². The third kappa shape index (κ3) is 2.72. The standard InChI is InChI=1S/C26H23FNO/c1-15(2)17-6-9-20-18(13-17)11-12-28(4)25(20)24-16(3)5-8-22-21-10-7-19(27)14-23(21)29-26(22)24/h5-15H,1-4H3/q+1. The highest BCUT2D eigenvalue weighted by Crippen LogP contribution is 2.39. The maximum absolute atomic E-state index is 13.8. The summed E-state index contributed by atoms with van der Waals surface area (Å²) < 4.78 is 22.1. The lowest BCUT2D eigenvalue weighted by Gasteiger charge is -2.11. The lowest BCUT2D eigenvalue weighted by atomic mass is 9.94. The van der Waals surface area contributed by atoms with Gasteiger partial charge in [-0.05, 0) is 47.6 Å². The molecule has 29 heavy (non-hydrogen) atoms. The molecule has 0 fully saturated rings. The molecular formula is C26H23FNO+. The van der Waals surface area contributed by atoms with Crippen molar-refractivity contribution in [3.05, 3.63) is 77.7 Å². The number of furan rings is 1. The van der Waals surface area contributed by atoms with E-state index in [9.17, 15) is 4.39 Å². The molecule has 3 heteroatoms. The second kappa shape index (κ2) is 6.41. The summed E-state index contributed by atoms with van der Waals surface area (Å²) in [4.78, 5) is 0. The SMILES string of the molecule is Cc1ccc2c(oc3cc(F)ccc32)c1-c1c2ccc(C(C)C)cc2cc[n+]1C. The van der Waals surface area contributed by atoms with E-state index < -0.39 is 0 Å². The minimum Gasteiger partial charge on any atom is -0.455 e. The molecule has 5 rings (SSSR count). The van der Waals surface area contributed by atoms with Crippen molar-refractivity contribution in [1.29, 1.82) is 0 Å². The van der Waals surface area contributed by atoms with Gasteiger partial charge >= 0.3 is 0 Å². The van der Waals surface area contributed by atoms with E-state index in [-0.39, 0.29) is 5.82 Å². The van der Waals surface area contributed by atoms with Crippen molar-refractivity contribution >= 4 is 32.7 Å². The molecule has 2 heterocycles. The summed E-state index contributed by atoms with van der Waals surface area (Å²) in [7, 11) is 2.06. The third-order valence-electron chi connectivity index (χ3n) is 5.88. The fourth-order valence-corrected chi connectivity index (χ4v) is 4.27. The van der Waals surface area contributed by atoms with Gasteiger partial charge in [-0.25, -0.2) is 8.96 Å². The zero-order chi connectivity index (χ0) is 20.3. The van der Waals surface area contributed by atoms with Gasteiger partial charge in [-0.3, -0.25) is 0 Å².